The zero-order valence-corrected chi connectivity index (χ0v) is 14.7. The minimum Gasteiger partial charge on any atom is -0.456 e. The van der Waals surface area contributed by atoms with Gasteiger partial charge in [0.2, 0.25) is 0 Å². The average molecular weight is 330 g/mol. The minimum absolute atomic E-state index is 0.117. The van der Waals surface area contributed by atoms with Crippen molar-refractivity contribution in [3.8, 4) is 0 Å². The van der Waals surface area contributed by atoms with Crippen LogP contribution >= 0.6 is 0 Å². The van der Waals surface area contributed by atoms with Gasteiger partial charge in [-0.25, -0.2) is 0 Å². The van der Waals surface area contributed by atoms with Crippen LogP contribution in [0.2, 0.25) is 0 Å². The molecule has 2 fully saturated rings. The Kier molecular flexibility index (Phi) is 3.98. The Balaban J connectivity index is 1.54. The Morgan fingerprint density at radius 3 is 2.58 bits per heavy atom. The monoisotopic (exact) mass is 330 g/mol. The van der Waals surface area contributed by atoms with E-state index < -0.39 is 0 Å². The van der Waals surface area contributed by atoms with Gasteiger partial charge in [-0.1, -0.05) is 0 Å². The van der Waals surface area contributed by atoms with Gasteiger partial charge in [0.05, 0.1) is 5.56 Å². The number of hydrogen-bond donors (Lipinski definition) is 1. The zero-order chi connectivity index (χ0) is 16.8. The fraction of sp³-hybridized carbons (Fsp3) is 0.611. The van der Waals surface area contributed by atoms with E-state index in [0.29, 0.717) is 12.1 Å². The number of fused-ring (bicyclic) bond motifs is 2. The molecule has 2 bridgehead atoms. The van der Waals surface area contributed by atoms with E-state index in [1.165, 1.54) is 0 Å². The largest absolute Gasteiger partial charge is 0.456 e. The molecule has 1 amide bonds. The van der Waals surface area contributed by atoms with E-state index >= 15 is 0 Å². The number of furan rings is 2. The van der Waals surface area contributed by atoms with E-state index in [2.05, 4.69) is 29.2 Å². The standard InChI is InChI=1S/C18H26N4O2/c1-12-15-4-5-16(24-15)17(12)18(23)22-9-8-21(3)14(11-22)13-10-19-6-7-20(13)2/h4-5,13-14,19H,6-11H2,1-3H3. The van der Waals surface area contributed by atoms with Crippen LogP contribution in [-0.4, -0.2) is 86.1 Å². The maximum absolute atomic E-state index is 13.1. The number of benzene rings is 1. The molecule has 0 spiro atoms. The van der Waals surface area contributed by atoms with E-state index in [-0.39, 0.29) is 5.91 Å². The molecule has 2 atom stereocenters. The molecule has 2 unspecified atom stereocenters. The number of hydrogen-bond acceptors (Lipinski definition) is 5. The highest BCUT2D eigenvalue weighted by atomic mass is 16.3. The van der Waals surface area contributed by atoms with Gasteiger partial charge >= 0.3 is 0 Å². The van der Waals surface area contributed by atoms with Crippen molar-refractivity contribution in [1.29, 1.82) is 0 Å². The summed E-state index contributed by atoms with van der Waals surface area (Å²) in [5.41, 5.74) is 3.28. The van der Waals surface area contributed by atoms with Crippen LogP contribution in [0.4, 0.5) is 0 Å². The van der Waals surface area contributed by atoms with Gasteiger partial charge in [-0.15, -0.1) is 0 Å². The van der Waals surface area contributed by atoms with Crippen LogP contribution < -0.4 is 5.32 Å². The average Bonchev–Trinajstić information content (AvgIpc) is 3.16. The van der Waals surface area contributed by atoms with Crippen molar-refractivity contribution in [2.75, 3.05) is 53.4 Å². The summed E-state index contributed by atoms with van der Waals surface area (Å²) < 4.78 is 5.66. The van der Waals surface area contributed by atoms with Crippen molar-refractivity contribution < 1.29 is 9.21 Å². The molecule has 0 radical (unpaired) electrons. The molecule has 6 nitrogen and oxygen atoms in total. The van der Waals surface area contributed by atoms with Gasteiger partial charge in [0.15, 0.2) is 0 Å². The Morgan fingerprint density at radius 2 is 1.88 bits per heavy atom. The molecule has 1 N–H and O–H groups in total. The smallest absolute Gasteiger partial charge is 0.258 e. The van der Waals surface area contributed by atoms with Gasteiger partial charge in [-0.2, -0.15) is 0 Å². The number of amides is 1. The Labute approximate surface area is 142 Å². The number of piperazine rings is 2. The minimum atomic E-state index is 0.117. The van der Waals surface area contributed by atoms with Gasteiger partial charge in [0, 0.05) is 56.9 Å². The summed E-state index contributed by atoms with van der Waals surface area (Å²) in [7, 11) is 4.36. The summed E-state index contributed by atoms with van der Waals surface area (Å²) in [4.78, 5) is 19.9. The fourth-order valence-electron chi connectivity index (χ4n) is 4.16. The van der Waals surface area contributed by atoms with Crippen molar-refractivity contribution in [2.45, 2.75) is 19.0 Å². The lowest BCUT2D eigenvalue weighted by atomic mass is 9.99. The lowest BCUT2D eigenvalue weighted by Crippen LogP contribution is -2.65. The van der Waals surface area contributed by atoms with Crippen LogP contribution in [0.25, 0.3) is 11.2 Å². The van der Waals surface area contributed by atoms with E-state index in [1.807, 2.05) is 24.0 Å². The van der Waals surface area contributed by atoms with Crippen LogP contribution in [-0.2, 0) is 0 Å². The second-order valence-electron chi connectivity index (χ2n) is 7.22. The maximum Gasteiger partial charge on any atom is 0.258 e. The molecular formula is C18H26N4O2. The predicted molar refractivity (Wildman–Crippen MR) is 93.7 cm³/mol. The molecule has 6 heteroatoms. The number of likely N-dealkylation sites (N-methyl/N-ethyl adjacent to an activating group) is 2. The number of carbonyl (C=O) groups is 1. The lowest BCUT2D eigenvalue weighted by molar-refractivity contribution is 0.0253. The summed E-state index contributed by atoms with van der Waals surface area (Å²) in [6, 6.07) is 4.64. The molecule has 2 aromatic heterocycles. The van der Waals surface area contributed by atoms with Gasteiger partial charge in [0.25, 0.3) is 5.91 Å². The van der Waals surface area contributed by atoms with Crippen LogP contribution in [0, 0.1) is 6.92 Å². The number of nitrogens with zero attached hydrogens (tertiary/aromatic N) is 3. The molecule has 2 aliphatic heterocycles. The molecule has 2 aliphatic rings. The molecule has 4 heterocycles. The van der Waals surface area contributed by atoms with Crippen LogP contribution in [0.5, 0.6) is 0 Å². The normalized spacial score (nSPS) is 27.2. The topological polar surface area (TPSA) is 52.0 Å². The first-order chi connectivity index (χ1) is 11.6. The van der Waals surface area contributed by atoms with E-state index in [9.17, 15) is 4.79 Å². The second-order valence-corrected chi connectivity index (χ2v) is 7.22. The summed E-state index contributed by atoms with van der Waals surface area (Å²) in [5.74, 6) is 0.117. The van der Waals surface area contributed by atoms with Crippen molar-refractivity contribution in [1.82, 2.24) is 20.0 Å². The predicted octanol–water partition coefficient (Wildman–Crippen LogP) is 0.839. The first-order valence-corrected chi connectivity index (χ1v) is 8.78. The van der Waals surface area contributed by atoms with Crippen LogP contribution in [0.15, 0.2) is 16.5 Å². The molecule has 4 rings (SSSR count). The molecule has 24 heavy (non-hydrogen) atoms. The summed E-state index contributed by atoms with van der Waals surface area (Å²) >= 11 is 0. The van der Waals surface area contributed by atoms with Crippen LogP contribution in [0.1, 0.15) is 15.9 Å². The summed E-state index contributed by atoms with van der Waals surface area (Å²) in [6.45, 7) is 7.52. The number of carbonyl (C=O) groups excluding carboxylic acids is 1. The van der Waals surface area contributed by atoms with Gasteiger partial charge in [-0.05, 0) is 33.2 Å². The highest BCUT2D eigenvalue weighted by Crippen LogP contribution is 2.29. The molecule has 2 aromatic rings. The van der Waals surface area contributed by atoms with Gasteiger partial charge in [0.1, 0.15) is 11.2 Å². The Morgan fingerprint density at radius 1 is 1.12 bits per heavy atom. The summed E-state index contributed by atoms with van der Waals surface area (Å²) in [6.07, 6.45) is 0. The highest BCUT2D eigenvalue weighted by Gasteiger charge is 2.37. The van der Waals surface area contributed by atoms with Gasteiger partial charge in [-0.3, -0.25) is 14.6 Å². The zero-order valence-electron chi connectivity index (χ0n) is 14.7. The van der Waals surface area contributed by atoms with Crippen molar-refractivity contribution in [2.24, 2.45) is 0 Å². The van der Waals surface area contributed by atoms with E-state index in [4.69, 9.17) is 4.42 Å². The van der Waals surface area contributed by atoms with Crippen LogP contribution in [0.3, 0.4) is 0 Å². The second kappa shape index (κ2) is 6.02. The molecule has 0 saturated carbocycles. The van der Waals surface area contributed by atoms with Crippen molar-refractivity contribution in [3.63, 3.8) is 0 Å². The third-order valence-electron chi connectivity index (χ3n) is 5.80. The quantitative estimate of drug-likeness (QED) is 0.884. The lowest BCUT2D eigenvalue weighted by Gasteiger charge is -2.47. The highest BCUT2D eigenvalue weighted by molar-refractivity contribution is 6.04. The first-order valence-electron chi connectivity index (χ1n) is 8.78. The summed E-state index contributed by atoms with van der Waals surface area (Å²) in [5, 5.41) is 3.49. The van der Waals surface area contributed by atoms with Crippen molar-refractivity contribution >= 4 is 17.1 Å². The fourth-order valence-corrected chi connectivity index (χ4v) is 4.16. The number of nitrogens with one attached hydrogen (secondary N) is 1. The van der Waals surface area contributed by atoms with Crippen molar-refractivity contribution in [3.05, 3.63) is 23.3 Å². The molecule has 0 aliphatic carbocycles. The van der Waals surface area contributed by atoms with E-state index in [1.54, 1.807) is 0 Å². The number of aryl methyl sites for hydroxylation is 1. The molecule has 0 aromatic carbocycles. The SMILES string of the molecule is Cc1c(C(=O)N2CCN(C)C(C3CNCCN3C)C2)c2ccc1o2. The third kappa shape index (κ3) is 2.49. The first kappa shape index (κ1) is 15.9. The third-order valence-corrected chi connectivity index (χ3v) is 5.80. The number of rotatable bonds is 2. The Bertz CT molecular complexity index is 727. The maximum atomic E-state index is 13.1. The van der Waals surface area contributed by atoms with Gasteiger partial charge < -0.3 is 14.6 Å². The molecule has 130 valence electrons. The van der Waals surface area contributed by atoms with E-state index in [0.717, 1.165) is 61.6 Å². The molecule has 2 saturated heterocycles. The molecular weight excluding hydrogens is 304 g/mol. The Hall–Kier alpha value is -1.63.